The molecule has 0 aromatic carbocycles. The van der Waals surface area contributed by atoms with Crippen LogP contribution in [0.3, 0.4) is 0 Å². The molecule has 5 nitrogen and oxygen atoms in total. The third kappa shape index (κ3) is 4.67. The minimum atomic E-state index is 0.0172. The molecule has 23 heavy (non-hydrogen) atoms. The molecular formula is C17H28N4OS. The number of likely N-dealkylation sites (tertiary alicyclic amines) is 2. The van der Waals surface area contributed by atoms with E-state index in [1.807, 2.05) is 11.1 Å². The first-order valence-corrected chi connectivity index (χ1v) is 9.79. The van der Waals surface area contributed by atoms with E-state index in [4.69, 9.17) is 0 Å². The first kappa shape index (κ1) is 16.7. The van der Waals surface area contributed by atoms with Gasteiger partial charge in [-0.05, 0) is 44.7 Å². The molecule has 2 aliphatic heterocycles. The normalized spacial score (nSPS) is 22.5. The van der Waals surface area contributed by atoms with E-state index in [0.717, 1.165) is 44.0 Å². The minimum absolute atomic E-state index is 0.0172. The number of nitrogens with zero attached hydrogens (tertiary/aromatic N) is 3. The van der Waals surface area contributed by atoms with E-state index in [1.54, 1.807) is 11.3 Å². The lowest BCUT2D eigenvalue weighted by Crippen LogP contribution is -2.37. The standard InChI is InChI=1S/C17H28N4OS/c1-2-6-15-11-18-16(23-15)19-17(22)21-10-7-14(13-21)12-20-8-4-3-5-9-20/h11,14H,2-10,12-13H2,1H3,(H,18,19,22)/t14-/m1/s1. The number of carbonyl (C=O) groups is 1. The number of hydrogen-bond acceptors (Lipinski definition) is 4. The number of nitrogens with one attached hydrogen (secondary N) is 1. The number of urea groups is 1. The Hall–Kier alpha value is -1.14. The van der Waals surface area contributed by atoms with Gasteiger partial charge in [-0.25, -0.2) is 9.78 Å². The van der Waals surface area contributed by atoms with Crippen molar-refractivity contribution in [2.75, 3.05) is 38.0 Å². The summed E-state index contributed by atoms with van der Waals surface area (Å²) in [6.45, 7) is 7.55. The maximum atomic E-state index is 12.4. The highest BCUT2D eigenvalue weighted by atomic mass is 32.1. The lowest BCUT2D eigenvalue weighted by atomic mass is 10.1. The van der Waals surface area contributed by atoms with Crippen LogP contribution in [0.15, 0.2) is 6.20 Å². The van der Waals surface area contributed by atoms with E-state index >= 15 is 0 Å². The lowest BCUT2D eigenvalue weighted by molar-refractivity contribution is 0.192. The van der Waals surface area contributed by atoms with E-state index in [1.165, 1.54) is 37.2 Å². The van der Waals surface area contributed by atoms with Gasteiger partial charge in [-0.2, -0.15) is 0 Å². The van der Waals surface area contributed by atoms with Crippen molar-refractivity contribution >= 4 is 22.5 Å². The fourth-order valence-electron chi connectivity index (χ4n) is 3.57. The first-order chi connectivity index (χ1) is 11.2. The Morgan fingerprint density at radius 3 is 2.96 bits per heavy atom. The molecule has 1 aromatic heterocycles. The van der Waals surface area contributed by atoms with Gasteiger partial charge in [0.15, 0.2) is 5.13 Å². The topological polar surface area (TPSA) is 48.5 Å². The molecule has 128 valence electrons. The van der Waals surface area contributed by atoms with Gasteiger partial charge in [0, 0.05) is 30.7 Å². The molecule has 3 heterocycles. The van der Waals surface area contributed by atoms with Gasteiger partial charge in [0.05, 0.1) is 0 Å². The number of amides is 2. The average molecular weight is 337 g/mol. The number of rotatable bonds is 5. The average Bonchev–Trinajstić information content (AvgIpc) is 3.18. The summed E-state index contributed by atoms with van der Waals surface area (Å²) in [5, 5.41) is 3.70. The van der Waals surface area contributed by atoms with Gasteiger partial charge in [-0.15, -0.1) is 11.3 Å². The molecule has 1 atom stereocenters. The van der Waals surface area contributed by atoms with Gasteiger partial charge in [0.2, 0.25) is 0 Å². The zero-order valence-electron chi connectivity index (χ0n) is 14.1. The van der Waals surface area contributed by atoms with Crippen molar-refractivity contribution in [1.29, 1.82) is 0 Å². The van der Waals surface area contributed by atoms with Crippen molar-refractivity contribution < 1.29 is 4.79 Å². The van der Waals surface area contributed by atoms with Gasteiger partial charge in [0.1, 0.15) is 0 Å². The van der Waals surface area contributed by atoms with Crippen molar-refractivity contribution in [3.63, 3.8) is 0 Å². The van der Waals surface area contributed by atoms with Gasteiger partial charge >= 0.3 is 6.03 Å². The summed E-state index contributed by atoms with van der Waals surface area (Å²) in [7, 11) is 0. The summed E-state index contributed by atoms with van der Waals surface area (Å²) in [6.07, 6.45) is 9.20. The highest BCUT2D eigenvalue weighted by Crippen LogP contribution is 2.23. The van der Waals surface area contributed by atoms with Crippen LogP contribution in [0.5, 0.6) is 0 Å². The Balaban J connectivity index is 1.44. The Labute approximate surface area is 143 Å². The molecular weight excluding hydrogens is 308 g/mol. The fraction of sp³-hybridized carbons (Fsp3) is 0.765. The van der Waals surface area contributed by atoms with Gasteiger partial charge in [-0.3, -0.25) is 5.32 Å². The molecule has 2 fully saturated rings. The van der Waals surface area contributed by atoms with Crippen LogP contribution in [0.2, 0.25) is 0 Å². The molecule has 0 aliphatic carbocycles. The van der Waals surface area contributed by atoms with Crippen LogP contribution in [-0.4, -0.2) is 53.5 Å². The van der Waals surface area contributed by atoms with Crippen LogP contribution in [0.25, 0.3) is 0 Å². The molecule has 0 spiro atoms. The highest BCUT2D eigenvalue weighted by molar-refractivity contribution is 7.15. The molecule has 0 radical (unpaired) electrons. The first-order valence-electron chi connectivity index (χ1n) is 8.97. The monoisotopic (exact) mass is 336 g/mol. The molecule has 3 rings (SSSR count). The van der Waals surface area contributed by atoms with Crippen LogP contribution in [0.1, 0.15) is 43.9 Å². The Morgan fingerprint density at radius 2 is 2.17 bits per heavy atom. The van der Waals surface area contributed by atoms with E-state index in [-0.39, 0.29) is 6.03 Å². The molecule has 0 bridgehead atoms. The lowest BCUT2D eigenvalue weighted by Gasteiger charge is -2.28. The summed E-state index contributed by atoms with van der Waals surface area (Å²) >= 11 is 1.60. The second-order valence-corrected chi connectivity index (χ2v) is 7.89. The van der Waals surface area contributed by atoms with E-state index in [0.29, 0.717) is 5.92 Å². The maximum absolute atomic E-state index is 12.4. The fourth-order valence-corrected chi connectivity index (χ4v) is 4.47. The molecule has 6 heteroatoms. The van der Waals surface area contributed by atoms with Crippen LogP contribution in [-0.2, 0) is 6.42 Å². The minimum Gasteiger partial charge on any atom is -0.324 e. The van der Waals surface area contributed by atoms with Crippen molar-refractivity contribution in [3.05, 3.63) is 11.1 Å². The largest absolute Gasteiger partial charge is 0.324 e. The van der Waals surface area contributed by atoms with E-state index < -0.39 is 0 Å². The van der Waals surface area contributed by atoms with Crippen LogP contribution >= 0.6 is 11.3 Å². The summed E-state index contributed by atoms with van der Waals surface area (Å²) in [5.74, 6) is 0.630. The summed E-state index contributed by atoms with van der Waals surface area (Å²) in [6, 6.07) is 0.0172. The summed E-state index contributed by atoms with van der Waals surface area (Å²) in [4.78, 5) is 22.5. The number of anilines is 1. The third-order valence-corrected chi connectivity index (χ3v) is 5.77. The van der Waals surface area contributed by atoms with E-state index in [2.05, 4.69) is 22.1 Å². The number of carbonyl (C=O) groups excluding carboxylic acids is 1. The second kappa shape index (κ2) is 8.11. The van der Waals surface area contributed by atoms with Crippen LogP contribution in [0, 0.1) is 5.92 Å². The molecule has 0 saturated carbocycles. The van der Waals surface area contributed by atoms with Gasteiger partial charge < -0.3 is 9.80 Å². The predicted molar refractivity (Wildman–Crippen MR) is 95.1 cm³/mol. The van der Waals surface area contributed by atoms with Crippen molar-refractivity contribution in [1.82, 2.24) is 14.8 Å². The number of aromatic nitrogens is 1. The smallest absolute Gasteiger partial charge is 0.323 e. The van der Waals surface area contributed by atoms with Crippen molar-refractivity contribution in [3.8, 4) is 0 Å². The quantitative estimate of drug-likeness (QED) is 0.896. The van der Waals surface area contributed by atoms with E-state index in [9.17, 15) is 4.79 Å². The Kier molecular flexibility index (Phi) is 5.89. The summed E-state index contributed by atoms with van der Waals surface area (Å²) < 4.78 is 0. The third-order valence-electron chi connectivity index (χ3n) is 4.80. The maximum Gasteiger partial charge on any atom is 0.323 e. The van der Waals surface area contributed by atoms with Crippen molar-refractivity contribution in [2.24, 2.45) is 5.92 Å². The molecule has 1 aromatic rings. The summed E-state index contributed by atoms with van der Waals surface area (Å²) in [5.41, 5.74) is 0. The number of piperidine rings is 1. The number of aryl methyl sites for hydroxylation is 1. The van der Waals surface area contributed by atoms with Crippen molar-refractivity contribution in [2.45, 2.75) is 45.4 Å². The molecule has 2 saturated heterocycles. The number of thiazole rings is 1. The predicted octanol–water partition coefficient (Wildman–Crippen LogP) is 3.44. The van der Waals surface area contributed by atoms with Gasteiger partial charge in [-0.1, -0.05) is 19.8 Å². The zero-order valence-corrected chi connectivity index (χ0v) is 14.9. The second-order valence-electron chi connectivity index (χ2n) is 6.77. The number of hydrogen-bond donors (Lipinski definition) is 1. The molecule has 1 N–H and O–H groups in total. The van der Waals surface area contributed by atoms with Crippen LogP contribution in [0.4, 0.5) is 9.93 Å². The van der Waals surface area contributed by atoms with Crippen LogP contribution < -0.4 is 5.32 Å². The zero-order chi connectivity index (χ0) is 16.1. The SMILES string of the molecule is CCCc1cnc(NC(=O)N2CC[C@H](CN3CCCCC3)C2)s1. The Morgan fingerprint density at radius 1 is 1.35 bits per heavy atom. The Bertz CT molecular complexity index is 512. The van der Waals surface area contributed by atoms with Gasteiger partial charge in [0.25, 0.3) is 0 Å². The molecule has 0 unspecified atom stereocenters. The highest BCUT2D eigenvalue weighted by Gasteiger charge is 2.28. The molecule has 2 amide bonds. The molecule has 2 aliphatic rings.